The van der Waals surface area contributed by atoms with E-state index in [1.54, 1.807) is 10.9 Å². The number of hydrogen-bond acceptors (Lipinski definition) is 3. The summed E-state index contributed by atoms with van der Waals surface area (Å²) in [4.78, 5) is 12.4. The number of anilines is 1. The Labute approximate surface area is 129 Å². The molecule has 22 heavy (non-hydrogen) atoms. The number of amides is 1. The molecule has 5 nitrogen and oxygen atoms in total. The van der Waals surface area contributed by atoms with Crippen molar-refractivity contribution in [1.29, 1.82) is 0 Å². The van der Waals surface area contributed by atoms with Gasteiger partial charge in [-0.25, -0.2) is 4.39 Å². The summed E-state index contributed by atoms with van der Waals surface area (Å²) < 4.78 is 20.1. The summed E-state index contributed by atoms with van der Waals surface area (Å²) in [6.45, 7) is 5.24. The summed E-state index contributed by atoms with van der Waals surface area (Å²) in [6.07, 6.45) is 3.42. The standard InChI is InChI=1S/C16H20FN3O2/c1-3-9-20-11-14(16(19-20)22-10-4-2)15(21)18-13-7-5-12(17)6-8-13/h5-8,11H,3-4,9-10H2,1-2H3,(H,18,21). The Hall–Kier alpha value is -2.37. The molecule has 118 valence electrons. The minimum Gasteiger partial charge on any atom is -0.476 e. The van der Waals surface area contributed by atoms with Crippen LogP contribution in [-0.4, -0.2) is 22.3 Å². The Morgan fingerprint density at radius 3 is 2.64 bits per heavy atom. The van der Waals surface area contributed by atoms with E-state index < -0.39 is 0 Å². The largest absolute Gasteiger partial charge is 0.476 e. The van der Waals surface area contributed by atoms with Gasteiger partial charge in [-0.1, -0.05) is 13.8 Å². The number of ether oxygens (including phenoxy) is 1. The van der Waals surface area contributed by atoms with Crippen LogP contribution in [0.3, 0.4) is 0 Å². The monoisotopic (exact) mass is 305 g/mol. The van der Waals surface area contributed by atoms with E-state index in [1.807, 2.05) is 13.8 Å². The second kappa shape index (κ2) is 7.59. The van der Waals surface area contributed by atoms with Gasteiger partial charge >= 0.3 is 0 Å². The van der Waals surface area contributed by atoms with E-state index in [-0.39, 0.29) is 11.7 Å². The second-order valence-electron chi connectivity index (χ2n) is 4.92. The SMILES string of the molecule is CCCOc1nn(CCC)cc1C(=O)Nc1ccc(F)cc1. The smallest absolute Gasteiger partial charge is 0.262 e. The Bertz CT molecular complexity index is 623. The molecule has 0 aliphatic carbocycles. The maximum Gasteiger partial charge on any atom is 0.262 e. The lowest BCUT2D eigenvalue weighted by Gasteiger charge is -2.06. The van der Waals surface area contributed by atoms with Crippen molar-refractivity contribution < 1.29 is 13.9 Å². The first-order chi connectivity index (χ1) is 10.6. The van der Waals surface area contributed by atoms with E-state index >= 15 is 0 Å². The predicted octanol–water partition coefficient (Wildman–Crippen LogP) is 3.47. The van der Waals surface area contributed by atoms with Crippen molar-refractivity contribution >= 4 is 11.6 Å². The zero-order valence-electron chi connectivity index (χ0n) is 12.8. The number of halogens is 1. The van der Waals surface area contributed by atoms with Crippen LogP contribution in [0.15, 0.2) is 30.5 Å². The second-order valence-corrected chi connectivity index (χ2v) is 4.92. The van der Waals surface area contributed by atoms with Crippen molar-refractivity contribution in [2.24, 2.45) is 0 Å². The maximum atomic E-state index is 12.9. The summed E-state index contributed by atoms with van der Waals surface area (Å²) in [7, 11) is 0. The van der Waals surface area contributed by atoms with E-state index in [0.717, 1.165) is 12.8 Å². The molecule has 0 unspecified atom stereocenters. The molecule has 1 N–H and O–H groups in total. The Morgan fingerprint density at radius 1 is 1.27 bits per heavy atom. The number of nitrogens with one attached hydrogen (secondary N) is 1. The number of aromatic nitrogens is 2. The predicted molar refractivity (Wildman–Crippen MR) is 82.7 cm³/mol. The summed E-state index contributed by atoms with van der Waals surface area (Å²) >= 11 is 0. The number of hydrogen-bond donors (Lipinski definition) is 1. The van der Waals surface area contributed by atoms with Crippen LogP contribution in [0, 0.1) is 5.82 Å². The third kappa shape index (κ3) is 4.07. The average Bonchev–Trinajstić information content (AvgIpc) is 2.91. The van der Waals surface area contributed by atoms with E-state index in [4.69, 9.17) is 4.74 Å². The number of nitrogens with zero attached hydrogens (tertiary/aromatic N) is 2. The molecule has 0 bridgehead atoms. The Morgan fingerprint density at radius 2 is 2.00 bits per heavy atom. The van der Waals surface area contributed by atoms with Gasteiger partial charge in [-0.05, 0) is 37.1 Å². The quantitative estimate of drug-likeness (QED) is 0.852. The molecular weight excluding hydrogens is 285 g/mol. The maximum absolute atomic E-state index is 12.9. The number of carbonyl (C=O) groups excluding carboxylic acids is 1. The first-order valence-corrected chi connectivity index (χ1v) is 7.41. The summed E-state index contributed by atoms with van der Waals surface area (Å²) in [5, 5.41) is 7.01. The zero-order chi connectivity index (χ0) is 15.9. The molecule has 0 saturated carbocycles. The molecule has 1 aromatic carbocycles. The normalized spacial score (nSPS) is 10.5. The Kier molecular flexibility index (Phi) is 5.52. The fraction of sp³-hybridized carbons (Fsp3) is 0.375. The minimum absolute atomic E-state index is 0.319. The molecule has 0 aliphatic heterocycles. The van der Waals surface area contributed by atoms with Crippen LogP contribution in [0.4, 0.5) is 10.1 Å². The van der Waals surface area contributed by atoms with Gasteiger partial charge in [0.1, 0.15) is 11.4 Å². The Balaban J connectivity index is 2.17. The van der Waals surface area contributed by atoms with Gasteiger partial charge in [0.25, 0.3) is 5.91 Å². The fourth-order valence-corrected chi connectivity index (χ4v) is 1.94. The summed E-state index contributed by atoms with van der Waals surface area (Å²) in [5.74, 6) is -0.337. The fourth-order valence-electron chi connectivity index (χ4n) is 1.94. The molecule has 0 aliphatic rings. The molecular formula is C16H20FN3O2. The van der Waals surface area contributed by atoms with Crippen molar-refractivity contribution in [2.45, 2.75) is 33.2 Å². The van der Waals surface area contributed by atoms with Crippen molar-refractivity contribution in [1.82, 2.24) is 9.78 Å². The van der Waals surface area contributed by atoms with E-state index in [0.29, 0.717) is 30.3 Å². The lowest BCUT2D eigenvalue weighted by atomic mass is 10.2. The van der Waals surface area contributed by atoms with Crippen LogP contribution >= 0.6 is 0 Å². The lowest BCUT2D eigenvalue weighted by Crippen LogP contribution is -2.13. The van der Waals surface area contributed by atoms with Crippen LogP contribution in [0.25, 0.3) is 0 Å². The molecule has 0 atom stereocenters. The number of benzene rings is 1. The molecule has 1 aromatic heterocycles. The van der Waals surface area contributed by atoms with E-state index in [2.05, 4.69) is 10.4 Å². The van der Waals surface area contributed by atoms with Gasteiger partial charge in [0, 0.05) is 18.4 Å². The van der Waals surface area contributed by atoms with Crippen LogP contribution in [0.5, 0.6) is 5.88 Å². The number of rotatable bonds is 7. The summed E-state index contributed by atoms with van der Waals surface area (Å²) in [5.41, 5.74) is 0.905. The van der Waals surface area contributed by atoms with Gasteiger partial charge in [-0.2, -0.15) is 0 Å². The lowest BCUT2D eigenvalue weighted by molar-refractivity contribution is 0.102. The third-order valence-corrected chi connectivity index (χ3v) is 2.97. The van der Waals surface area contributed by atoms with Crippen molar-refractivity contribution in [3.63, 3.8) is 0 Å². The van der Waals surface area contributed by atoms with Gasteiger partial charge < -0.3 is 10.1 Å². The van der Waals surface area contributed by atoms with Gasteiger partial charge in [0.2, 0.25) is 5.88 Å². The highest BCUT2D eigenvalue weighted by molar-refractivity contribution is 6.05. The van der Waals surface area contributed by atoms with Crippen LogP contribution in [0.2, 0.25) is 0 Å². The molecule has 0 saturated heterocycles. The van der Waals surface area contributed by atoms with Crippen molar-refractivity contribution in [3.05, 3.63) is 41.8 Å². The molecule has 2 aromatic rings. The first kappa shape index (κ1) is 16.0. The van der Waals surface area contributed by atoms with Gasteiger partial charge in [-0.15, -0.1) is 5.10 Å². The van der Waals surface area contributed by atoms with Crippen LogP contribution in [0.1, 0.15) is 37.0 Å². The van der Waals surface area contributed by atoms with Gasteiger partial charge in [0.15, 0.2) is 0 Å². The van der Waals surface area contributed by atoms with E-state index in [1.165, 1.54) is 24.3 Å². The summed E-state index contributed by atoms with van der Waals surface area (Å²) in [6, 6.07) is 5.61. The van der Waals surface area contributed by atoms with Gasteiger partial charge in [-0.3, -0.25) is 9.48 Å². The molecule has 6 heteroatoms. The third-order valence-electron chi connectivity index (χ3n) is 2.97. The topological polar surface area (TPSA) is 56.2 Å². The molecule has 0 radical (unpaired) electrons. The average molecular weight is 305 g/mol. The zero-order valence-corrected chi connectivity index (χ0v) is 12.8. The number of carbonyl (C=O) groups is 1. The highest BCUT2D eigenvalue weighted by atomic mass is 19.1. The first-order valence-electron chi connectivity index (χ1n) is 7.41. The van der Waals surface area contributed by atoms with E-state index in [9.17, 15) is 9.18 Å². The molecule has 1 heterocycles. The van der Waals surface area contributed by atoms with Crippen LogP contribution in [-0.2, 0) is 6.54 Å². The van der Waals surface area contributed by atoms with Crippen LogP contribution < -0.4 is 10.1 Å². The molecule has 0 spiro atoms. The highest BCUT2D eigenvalue weighted by Crippen LogP contribution is 2.19. The molecule has 0 fully saturated rings. The molecule has 2 rings (SSSR count). The van der Waals surface area contributed by atoms with Crippen molar-refractivity contribution in [2.75, 3.05) is 11.9 Å². The minimum atomic E-state index is -0.347. The van der Waals surface area contributed by atoms with Gasteiger partial charge in [0.05, 0.1) is 6.61 Å². The molecule has 1 amide bonds. The number of aryl methyl sites for hydroxylation is 1. The highest BCUT2D eigenvalue weighted by Gasteiger charge is 2.18. The van der Waals surface area contributed by atoms with Crippen molar-refractivity contribution in [3.8, 4) is 5.88 Å².